The summed E-state index contributed by atoms with van der Waals surface area (Å²) in [4.78, 5) is 15.4. The number of likely N-dealkylation sites (tertiary alicyclic amines) is 1. The molecule has 3 aliphatic rings. The molecular formula is C30H40N2O4. The van der Waals surface area contributed by atoms with Crippen LogP contribution in [0.5, 0.6) is 5.75 Å². The van der Waals surface area contributed by atoms with Gasteiger partial charge in [-0.3, -0.25) is 9.69 Å². The van der Waals surface area contributed by atoms with E-state index >= 15 is 0 Å². The van der Waals surface area contributed by atoms with Crippen LogP contribution in [0.3, 0.4) is 0 Å². The number of fused-ring (bicyclic) bond motifs is 1. The number of amides is 1. The molecule has 1 amide bonds. The lowest BCUT2D eigenvalue weighted by Crippen LogP contribution is -2.39. The third-order valence-electron chi connectivity index (χ3n) is 7.75. The van der Waals surface area contributed by atoms with Crippen LogP contribution in [-0.4, -0.2) is 62.0 Å². The van der Waals surface area contributed by atoms with Crippen LogP contribution in [0.4, 0.5) is 0 Å². The fraction of sp³-hybridized carbons (Fsp3) is 0.567. The third kappa shape index (κ3) is 6.67. The highest BCUT2D eigenvalue weighted by molar-refractivity contribution is 5.94. The van der Waals surface area contributed by atoms with Crippen molar-refractivity contribution in [1.29, 1.82) is 0 Å². The van der Waals surface area contributed by atoms with Gasteiger partial charge in [0.1, 0.15) is 12.4 Å². The van der Waals surface area contributed by atoms with Crippen LogP contribution in [0.15, 0.2) is 42.5 Å². The Bertz CT molecular complexity index is 995. The number of carbonyl (C=O) groups excluding carboxylic acids is 1. The highest BCUT2D eigenvalue weighted by Crippen LogP contribution is 2.25. The second kappa shape index (κ2) is 12.2. The molecule has 2 aliphatic heterocycles. The molecule has 1 N–H and O–H groups in total. The maximum Gasteiger partial charge on any atom is 0.251 e. The monoisotopic (exact) mass is 492 g/mol. The molecular weight excluding hydrogens is 452 g/mol. The fourth-order valence-electron chi connectivity index (χ4n) is 5.69. The number of ether oxygens (including phenoxy) is 3. The SMILES string of the molecule is CCOC1CCN(Cc2ccc3c(c2)CC[C@H](NC(=O)c2ccc(OC[C@@H]4CCCO4)cc2)C3)CC1. The van der Waals surface area contributed by atoms with Crippen molar-refractivity contribution in [2.75, 3.05) is 32.9 Å². The van der Waals surface area contributed by atoms with Gasteiger partial charge in [-0.25, -0.2) is 0 Å². The molecule has 0 saturated carbocycles. The van der Waals surface area contributed by atoms with Crippen molar-refractivity contribution in [3.8, 4) is 5.75 Å². The summed E-state index contributed by atoms with van der Waals surface area (Å²) < 4.78 is 17.2. The molecule has 36 heavy (non-hydrogen) atoms. The third-order valence-corrected chi connectivity index (χ3v) is 7.75. The van der Waals surface area contributed by atoms with Crippen LogP contribution in [0.25, 0.3) is 0 Å². The Balaban J connectivity index is 1.09. The van der Waals surface area contributed by atoms with Gasteiger partial charge in [0.15, 0.2) is 0 Å². The molecule has 2 fully saturated rings. The number of nitrogens with one attached hydrogen (secondary N) is 1. The lowest BCUT2D eigenvalue weighted by molar-refractivity contribution is 0.0125. The van der Waals surface area contributed by atoms with Crippen LogP contribution in [-0.2, 0) is 28.9 Å². The van der Waals surface area contributed by atoms with Gasteiger partial charge in [-0.2, -0.15) is 0 Å². The summed E-state index contributed by atoms with van der Waals surface area (Å²) in [6.07, 6.45) is 7.93. The van der Waals surface area contributed by atoms with Crippen molar-refractivity contribution in [3.63, 3.8) is 0 Å². The average molecular weight is 493 g/mol. The number of aryl methyl sites for hydroxylation is 1. The van der Waals surface area contributed by atoms with Gasteiger partial charge in [0.25, 0.3) is 5.91 Å². The Kier molecular flexibility index (Phi) is 8.57. The van der Waals surface area contributed by atoms with Gasteiger partial charge in [0.05, 0.1) is 12.2 Å². The number of hydrogen-bond acceptors (Lipinski definition) is 5. The Labute approximate surface area is 215 Å². The van der Waals surface area contributed by atoms with Crippen molar-refractivity contribution >= 4 is 5.91 Å². The van der Waals surface area contributed by atoms with E-state index in [-0.39, 0.29) is 18.1 Å². The van der Waals surface area contributed by atoms with Crippen LogP contribution < -0.4 is 10.1 Å². The van der Waals surface area contributed by atoms with E-state index in [4.69, 9.17) is 14.2 Å². The lowest BCUT2D eigenvalue weighted by atomic mass is 9.87. The first-order valence-corrected chi connectivity index (χ1v) is 13.8. The molecule has 0 unspecified atom stereocenters. The van der Waals surface area contributed by atoms with Gasteiger partial charge in [-0.05, 0) is 92.8 Å². The van der Waals surface area contributed by atoms with Crippen molar-refractivity contribution in [2.24, 2.45) is 0 Å². The molecule has 2 heterocycles. The molecule has 2 aromatic rings. The van der Waals surface area contributed by atoms with E-state index in [1.54, 1.807) is 0 Å². The molecule has 1 aliphatic carbocycles. The maximum absolute atomic E-state index is 12.9. The number of benzene rings is 2. The van der Waals surface area contributed by atoms with Gasteiger partial charge < -0.3 is 19.5 Å². The fourth-order valence-corrected chi connectivity index (χ4v) is 5.69. The van der Waals surface area contributed by atoms with Gasteiger partial charge in [-0.1, -0.05) is 18.2 Å². The predicted molar refractivity (Wildman–Crippen MR) is 141 cm³/mol. The second-order valence-electron chi connectivity index (χ2n) is 10.4. The van der Waals surface area contributed by atoms with Gasteiger partial charge in [0.2, 0.25) is 0 Å². The van der Waals surface area contributed by atoms with Crippen molar-refractivity contribution in [2.45, 2.75) is 76.7 Å². The van der Waals surface area contributed by atoms with E-state index in [2.05, 4.69) is 35.3 Å². The highest BCUT2D eigenvalue weighted by atomic mass is 16.5. The summed E-state index contributed by atoms with van der Waals surface area (Å²) in [5.74, 6) is 0.768. The standard InChI is InChI=1S/C30H40N2O4/c1-2-34-28-13-15-32(16-14-28)20-22-5-6-25-19-26(10-7-24(25)18-22)31-30(33)23-8-11-27(12-9-23)36-21-29-4-3-17-35-29/h5-6,8-9,11-12,18,26,28-29H,2-4,7,10,13-17,19-21H2,1H3,(H,31,33)/t26-,29-/m0/s1. The second-order valence-corrected chi connectivity index (χ2v) is 10.4. The normalized spacial score (nSPS) is 22.8. The summed E-state index contributed by atoms with van der Waals surface area (Å²) >= 11 is 0. The minimum absolute atomic E-state index is 0.0128. The van der Waals surface area contributed by atoms with Crippen molar-refractivity contribution < 1.29 is 19.0 Å². The molecule has 5 rings (SSSR count). The number of carbonyl (C=O) groups is 1. The van der Waals surface area contributed by atoms with E-state index in [9.17, 15) is 4.79 Å². The molecule has 0 bridgehead atoms. The first-order chi connectivity index (χ1) is 17.7. The highest BCUT2D eigenvalue weighted by Gasteiger charge is 2.23. The number of rotatable bonds is 9. The van der Waals surface area contributed by atoms with Gasteiger partial charge in [0, 0.05) is 44.5 Å². The van der Waals surface area contributed by atoms with Gasteiger partial charge >= 0.3 is 0 Å². The Morgan fingerprint density at radius 1 is 1.06 bits per heavy atom. The van der Waals surface area contributed by atoms with E-state index in [1.165, 1.54) is 16.7 Å². The molecule has 194 valence electrons. The minimum Gasteiger partial charge on any atom is -0.491 e. The molecule has 2 saturated heterocycles. The van der Waals surface area contributed by atoms with Crippen molar-refractivity contribution in [1.82, 2.24) is 10.2 Å². The van der Waals surface area contributed by atoms with Crippen LogP contribution in [0.2, 0.25) is 0 Å². The van der Waals surface area contributed by atoms with E-state index in [0.29, 0.717) is 18.3 Å². The number of hydrogen-bond donors (Lipinski definition) is 1. The van der Waals surface area contributed by atoms with E-state index in [1.807, 2.05) is 24.3 Å². The molecule has 0 spiro atoms. The topological polar surface area (TPSA) is 60.0 Å². The summed E-state index contributed by atoms with van der Waals surface area (Å²) in [7, 11) is 0. The molecule has 6 heteroatoms. The maximum atomic E-state index is 12.9. The Morgan fingerprint density at radius 2 is 1.89 bits per heavy atom. The minimum atomic E-state index is -0.0128. The zero-order valence-electron chi connectivity index (χ0n) is 21.5. The number of nitrogens with zero attached hydrogens (tertiary/aromatic N) is 1. The lowest BCUT2D eigenvalue weighted by Gasteiger charge is -2.32. The largest absolute Gasteiger partial charge is 0.491 e. The first-order valence-electron chi connectivity index (χ1n) is 13.8. The van der Waals surface area contributed by atoms with E-state index in [0.717, 1.165) is 83.5 Å². The van der Waals surface area contributed by atoms with Crippen LogP contribution in [0, 0.1) is 0 Å². The predicted octanol–water partition coefficient (Wildman–Crippen LogP) is 4.53. The van der Waals surface area contributed by atoms with Gasteiger partial charge in [-0.15, -0.1) is 0 Å². The Hall–Kier alpha value is -2.41. The average Bonchev–Trinajstić information content (AvgIpc) is 3.43. The Morgan fingerprint density at radius 3 is 2.64 bits per heavy atom. The zero-order chi connectivity index (χ0) is 24.7. The zero-order valence-corrected chi connectivity index (χ0v) is 21.5. The summed E-state index contributed by atoms with van der Waals surface area (Å²) in [6.45, 7) is 7.52. The summed E-state index contributed by atoms with van der Waals surface area (Å²) in [6, 6.07) is 14.5. The molecule has 6 nitrogen and oxygen atoms in total. The van der Waals surface area contributed by atoms with Crippen molar-refractivity contribution in [3.05, 3.63) is 64.7 Å². The number of piperidine rings is 1. The van der Waals surface area contributed by atoms with Crippen LogP contribution in [0.1, 0.15) is 66.1 Å². The molecule has 0 radical (unpaired) electrons. The summed E-state index contributed by atoms with van der Waals surface area (Å²) in [5.41, 5.74) is 4.87. The molecule has 0 aromatic heterocycles. The summed E-state index contributed by atoms with van der Waals surface area (Å²) in [5, 5.41) is 3.25. The van der Waals surface area contributed by atoms with E-state index < -0.39 is 0 Å². The first kappa shape index (κ1) is 25.2. The van der Waals surface area contributed by atoms with Crippen LogP contribution >= 0.6 is 0 Å². The quantitative estimate of drug-likeness (QED) is 0.557. The smallest absolute Gasteiger partial charge is 0.251 e. The molecule has 2 atom stereocenters. The molecule has 2 aromatic carbocycles.